The van der Waals surface area contributed by atoms with Gasteiger partial charge in [-0.1, -0.05) is 18.2 Å². The van der Waals surface area contributed by atoms with Gasteiger partial charge in [0.15, 0.2) is 0 Å². The summed E-state index contributed by atoms with van der Waals surface area (Å²) in [4.78, 5) is 12.4. The number of nitrogens with one attached hydrogen (secondary N) is 2. The molecule has 0 aliphatic carbocycles. The third-order valence-corrected chi connectivity index (χ3v) is 5.50. The SMILES string of the molecule is CNS(=O)(=O)c1ccc(Br)c(C(=O)NCc2ccccc2OC)c1. The van der Waals surface area contributed by atoms with Gasteiger partial charge in [-0.05, 0) is 47.2 Å². The molecule has 2 N–H and O–H groups in total. The van der Waals surface area contributed by atoms with Crippen molar-refractivity contribution in [2.45, 2.75) is 11.4 Å². The minimum Gasteiger partial charge on any atom is -0.496 e. The van der Waals surface area contributed by atoms with Crippen molar-refractivity contribution in [2.75, 3.05) is 14.2 Å². The minimum atomic E-state index is -3.62. The first-order valence-electron chi connectivity index (χ1n) is 7.02. The molecule has 8 heteroatoms. The van der Waals surface area contributed by atoms with Crippen molar-refractivity contribution in [1.82, 2.24) is 10.0 Å². The van der Waals surface area contributed by atoms with Gasteiger partial charge in [-0.15, -0.1) is 0 Å². The van der Waals surface area contributed by atoms with E-state index in [9.17, 15) is 13.2 Å². The molecule has 0 aliphatic rings. The van der Waals surface area contributed by atoms with Crippen molar-refractivity contribution in [1.29, 1.82) is 0 Å². The van der Waals surface area contributed by atoms with Crippen LogP contribution in [-0.2, 0) is 16.6 Å². The molecule has 6 nitrogen and oxygen atoms in total. The highest BCUT2D eigenvalue weighted by Gasteiger charge is 2.17. The van der Waals surface area contributed by atoms with Gasteiger partial charge in [-0.3, -0.25) is 4.79 Å². The molecule has 0 fully saturated rings. The molecule has 2 aromatic rings. The zero-order valence-electron chi connectivity index (χ0n) is 13.2. The average molecular weight is 413 g/mol. The van der Waals surface area contributed by atoms with Crippen molar-refractivity contribution < 1.29 is 17.9 Å². The van der Waals surface area contributed by atoms with Crippen LogP contribution in [0.5, 0.6) is 5.75 Å². The van der Waals surface area contributed by atoms with E-state index in [0.29, 0.717) is 10.2 Å². The van der Waals surface area contributed by atoms with Gasteiger partial charge >= 0.3 is 0 Å². The molecule has 0 heterocycles. The van der Waals surface area contributed by atoms with Crippen LogP contribution in [0, 0.1) is 0 Å². The number of hydrogen-bond acceptors (Lipinski definition) is 4. The molecular formula is C16H17BrN2O4S. The monoisotopic (exact) mass is 412 g/mol. The number of benzene rings is 2. The Morgan fingerprint density at radius 3 is 2.58 bits per heavy atom. The zero-order valence-corrected chi connectivity index (χ0v) is 15.6. The van der Waals surface area contributed by atoms with Gasteiger partial charge < -0.3 is 10.1 Å². The van der Waals surface area contributed by atoms with Gasteiger partial charge in [-0.25, -0.2) is 13.1 Å². The predicted octanol–water partition coefficient (Wildman–Crippen LogP) is 2.30. The fraction of sp³-hybridized carbons (Fsp3) is 0.188. The van der Waals surface area contributed by atoms with E-state index in [2.05, 4.69) is 26.0 Å². The molecule has 24 heavy (non-hydrogen) atoms. The maximum absolute atomic E-state index is 12.4. The number of amides is 1. The second-order valence-electron chi connectivity index (χ2n) is 4.84. The smallest absolute Gasteiger partial charge is 0.252 e. The summed E-state index contributed by atoms with van der Waals surface area (Å²) in [6.07, 6.45) is 0. The quantitative estimate of drug-likeness (QED) is 0.761. The Hall–Kier alpha value is -1.90. The standard InChI is InChI=1S/C16H17BrN2O4S/c1-18-24(21,22)12-7-8-14(17)13(9-12)16(20)19-10-11-5-3-4-6-15(11)23-2/h3-9,18H,10H2,1-2H3,(H,19,20). The van der Waals surface area contributed by atoms with Gasteiger partial charge in [0.05, 0.1) is 17.6 Å². The Bertz CT molecular complexity index is 853. The van der Waals surface area contributed by atoms with Crippen molar-refractivity contribution in [3.05, 3.63) is 58.1 Å². The molecule has 0 saturated heterocycles. The Labute approximate surface area is 149 Å². The molecule has 0 radical (unpaired) electrons. The number of carbonyl (C=O) groups excluding carboxylic acids is 1. The van der Waals surface area contributed by atoms with E-state index in [0.717, 1.165) is 5.56 Å². The second-order valence-corrected chi connectivity index (χ2v) is 7.58. The number of sulfonamides is 1. The first kappa shape index (κ1) is 18.4. The number of rotatable bonds is 6. The van der Waals surface area contributed by atoms with Crippen LogP contribution in [0.25, 0.3) is 0 Å². The lowest BCUT2D eigenvalue weighted by Crippen LogP contribution is -2.24. The molecule has 0 unspecified atom stereocenters. The van der Waals surface area contributed by atoms with Gasteiger partial charge in [0.25, 0.3) is 5.91 Å². The number of halogens is 1. The molecule has 0 spiro atoms. The average Bonchev–Trinajstić information content (AvgIpc) is 2.60. The van der Waals surface area contributed by atoms with E-state index in [-0.39, 0.29) is 22.9 Å². The van der Waals surface area contributed by atoms with Crippen molar-refractivity contribution in [3.8, 4) is 5.75 Å². The van der Waals surface area contributed by atoms with Gasteiger partial charge in [-0.2, -0.15) is 0 Å². The molecule has 0 bridgehead atoms. The van der Waals surface area contributed by atoms with Crippen LogP contribution in [-0.4, -0.2) is 28.5 Å². The molecule has 0 saturated carbocycles. The topological polar surface area (TPSA) is 84.5 Å². The van der Waals surface area contributed by atoms with Gasteiger partial charge in [0.2, 0.25) is 10.0 Å². The Kier molecular flexibility index (Phi) is 5.98. The van der Waals surface area contributed by atoms with Crippen LogP contribution in [0.1, 0.15) is 15.9 Å². The third-order valence-electron chi connectivity index (χ3n) is 3.39. The lowest BCUT2D eigenvalue weighted by atomic mass is 10.1. The highest BCUT2D eigenvalue weighted by molar-refractivity contribution is 9.10. The summed E-state index contributed by atoms with van der Waals surface area (Å²) >= 11 is 3.27. The molecule has 0 aliphatic heterocycles. The molecular weight excluding hydrogens is 396 g/mol. The Balaban J connectivity index is 2.22. The van der Waals surface area contributed by atoms with E-state index in [1.807, 2.05) is 18.2 Å². The summed E-state index contributed by atoms with van der Waals surface area (Å²) in [5.41, 5.74) is 1.06. The summed E-state index contributed by atoms with van der Waals surface area (Å²) in [5.74, 6) is 0.282. The van der Waals surface area contributed by atoms with Crippen molar-refractivity contribution in [3.63, 3.8) is 0 Å². The van der Waals surface area contributed by atoms with Gasteiger partial charge in [0, 0.05) is 16.6 Å². The summed E-state index contributed by atoms with van der Waals surface area (Å²) in [7, 11) is -0.742. The predicted molar refractivity (Wildman–Crippen MR) is 94.6 cm³/mol. The summed E-state index contributed by atoms with van der Waals surface area (Å²) in [6, 6.07) is 11.6. The number of ether oxygens (including phenoxy) is 1. The maximum Gasteiger partial charge on any atom is 0.252 e. The number of methoxy groups -OCH3 is 1. The van der Waals surface area contributed by atoms with E-state index in [1.54, 1.807) is 13.2 Å². The minimum absolute atomic E-state index is 0.0237. The first-order valence-corrected chi connectivity index (χ1v) is 9.30. The third kappa shape index (κ3) is 4.14. The fourth-order valence-corrected chi connectivity index (χ4v) is 3.27. The molecule has 1 amide bonds. The fourth-order valence-electron chi connectivity index (χ4n) is 2.08. The number of carbonyl (C=O) groups is 1. The van der Waals surface area contributed by atoms with E-state index in [1.165, 1.54) is 25.2 Å². The van der Waals surface area contributed by atoms with Crippen LogP contribution in [0.3, 0.4) is 0 Å². The van der Waals surface area contributed by atoms with E-state index in [4.69, 9.17) is 4.74 Å². The van der Waals surface area contributed by atoms with E-state index < -0.39 is 10.0 Å². The van der Waals surface area contributed by atoms with Crippen LogP contribution in [0.4, 0.5) is 0 Å². The molecule has 2 rings (SSSR count). The lowest BCUT2D eigenvalue weighted by Gasteiger charge is -2.11. The van der Waals surface area contributed by atoms with Gasteiger partial charge in [0.1, 0.15) is 5.75 Å². The molecule has 128 valence electrons. The Morgan fingerprint density at radius 2 is 1.92 bits per heavy atom. The molecule has 2 aromatic carbocycles. The lowest BCUT2D eigenvalue weighted by molar-refractivity contribution is 0.0949. The normalized spacial score (nSPS) is 11.1. The maximum atomic E-state index is 12.4. The summed E-state index contributed by atoms with van der Waals surface area (Å²) in [5, 5.41) is 2.76. The van der Waals surface area contributed by atoms with E-state index >= 15 is 0 Å². The van der Waals surface area contributed by atoms with Crippen LogP contribution in [0.2, 0.25) is 0 Å². The molecule has 0 aromatic heterocycles. The van der Waals surface area contributed by atoms with Crippen molar-refractivity contribution in [2.24, 2.45) is 0 Å². The van der Waals surface area contributed by atoms with Crippen LogP contribution < -0.4 is 14.8 Å². The first-order chi connectivity index (χ1) is 11.4. The zero-order chi connectivity index (χ0) is 17.7. The molecule has 0 atom stereocenters. The van der Waals surface area contributed by atoms with Crippen LogP contribution in [0.15, 0.2) is 51.8 Å². The summed E-state index contributed by atoms with van der Waals surface area (Å²) < 4.78 is 31.7. The second kappa shape index (κ2) is 7.78. The highest BCUT2D eigenvalue weighted by Crippen LogP contribution is 2.22. The van der Waals surface area contributed by atoms with Crippen molar-refractivity contribution >= 4 is 31.9 Å². The number of para-hydroxylation sites is 1. The number of hydrogen-bond donors (Lipinski definition) is 2. The van der Waals surface area contributed by atoms with Crippen LogP contribution >= 0.6 is 15.9 Å². The Morgan fingerprint density at radius 1 is 1.21 bits per heavy atom. The summed E-state index contributed by atoms with van der Waals surface area (Å²) in [6.45, 7) is 0.262. The highest BCUT2D eigenvalue weighted by atomic mass is 79.9. The largest absolute Gasteiger partial charge is 0.496 e.